The van der Waals surface area contributed by atoms with Crippen LogP contribution in [0, 0.1) is 0 Å². The molecule has 0 heterocycles. The molecule has 0 fully saturated rings. The Morgan fingerprint density at radius 2 is 2.00 bits per heavy atom. The Morgan fingerprint density at radius 3 is 2.60 bits per heavy atom. The first-order valence-corrected chi connectivity index (χ1v) is 11.1. The van der Waals surface area contributed by atoms with E-state index in [0.29, 0.717) is 34.3 Å². The van der Waals surface area contributed by atoms with E-state index in [2.05, 4.69) is 0 Å². The number of primary sulfonamides is 1. The van der Waals surface area contributed by atoms with Crippen molar-refractivity contribution in [1.82, 2.24) is 4.90 Å². The Morgan fingerprint density at radius 1 is 1.30 bits per heavy atom. The number of ether oxygens (including phenoxy) is 2. The van der Waals surface area contributed by atoms with E-state index in [9.17, 15) is 13.2 Å². The van der Waals surface area contributed by atoms with Gasteiger partial charge < -0.3 is 14.4 Å². The van der Waals surface area contributed by atoms with E-state index in [4.69, 9.17) is 26.2 Å². The first-order valence-electron chi connectivity index (χ1n) is 9.16. The van der Waals surface area contributed by atoms with Crippen LogP contribution in [0.5, 0.6) is 11.5 Å². The molecule has 2 N–H and O–H groups in total. The van der Waals surface area contributed by atoms with E-state index in [1.807, 2.05) is 6.92 Å². The Bertz CT molecular complexity index is 1050. The van der Waals surface area contributed by atoms with Crippen LogP contribution >= 0.6 is 11.6 Å². The molecule has 1 atom stereocenters. The minimum atomic E-state index is -3.82. The average Bonchev–Trinajstić information content (AvgIpc) is 2.70. The summed E-state index contributed by atoms with van der Waals surface area (Å²) >= 11 is 6.24. The van der Waals surface area contributed by atoms with Crippen LogP contribution in [0.15, 0.2) is 47.4 Å². The minimum Gasteiger partial charge on any atom is -0.491 e. The first kappa shape index (κ1) is 23.7. The Kier molecular flexibility index (Phi) is 7.89. The fourth-order valence-electron chi connectivity index (χ4n) is 2.80. The van der Waals surface area contributed by atoms with Gasteiger partial charge in [-0.3, -0.25) is 4.79 Å². The van der Waals surface area contributed by atoms with Gasteiger partial charge in [-0.1, -0.05) is 23.7 Å². The third kappa shape index (κ3) is 5.75. The number of nitrogens with zero attached hydrogens (tertiary/aromatic N) is 1. The number of methoxy groups -OCH3 is 1. The van der Waals surface area contributed by atoms with Gasteiger partial charge in [-0.25, -0.2) is 13.6 Å². The summed E-state index contributed by atoms with van der Waals surface area (Å²) in [7, 11) is -0.685. The summed E-state index contributed by atoms with van der Waals surface area (Å²) in [4.78, 5) is 14.1. The summed E-state index contributed by atoms with van der Waals surface area (Å²) in [5.41, 5.74) is 1.33. The van der Waals surface area contributed by atoms with Gasteiger partial charge in [-0.2, -0.15) is 0 Å². The molecule has 0 aromatic heterocycles. The molecule has 2 aromatic carbocycles. The van der Waals surface area contributed by atoms with Crippen molar-refractivity contribution in [3.8, 4) is 11.5 Å². The lowest BCUT2D eigenvalue weighted by atomic mass is 10.1. The molecule has 30 heavy (non-hydrogen) atoms. The van der Waals surface area contributed by atoms with Crippen LogP contribution < -0.4 is 14.6 Å². The van der Waals surface area contributed by atoms with Crippen molar-refractivity contribution in [1.29, 1.82) is 0 Å². The molecule has 2 rings (SSSR count). The fourth-order valence-corrected chi connectivity index (χ4v) is 3.66. The predicted octanol–water partition coefficient (Wildman–Crippen LogP) is 3.63. The van der Waals surface area contributed by atoms with Crippen LogP contribution in [0.25, 0.3) is 6.08 Å². The van der Waals surface area contributed by atoms with E-state index in [1.54, 1.807) is 44.3 Å². The average molecular weight is 453 g/mol. The highest BCUT2D eigenvalue weighted by atomic mass is 35.5. The van der Waals surface area contributed by atoms with Crippen molar-refractivity contribution < 1.29 is 22.7 Å². The number of rotatable bonds is 8. The number of carbonyl (C=O) groups excluding carboxylic acids is 1. The molecule has 1 unspecified atom stereocenters. The molecule has 0 aliphatic heterocycles. The Labute approximate surface area is 182 Å². The molecule has 0 aliphatic rings. The summed E-state index contributed by atoms with van der Waals surface area (Å²) in [5, 5.41) is 5.56. The van der Waals surface area contributed by atoms with Gasteiger partial charge in [0.25, 0.3) is 0 Å². The van der Waals surface area contributed by atoms with Gasteiger partial charge in [0.2, 0.25) is 15.9 Å². The normalized spacial score (nSPS) is 12.6. The number of nitrogens with two attached hydrogens (primary N) is 1. The van der Waals surface area contributed by atoms with E-state index in [1.165, 1.54) is 30.2 Å². The van der Waals surface area contributed by atoms with Crippen molar-refractivity contribution >= 4 is 33.6 Å². The topological polar surface area (TPSA) is 98.9 Å². The van der Waals surface area contributed by atoms with Gasteiger partial charge >= 0.3 is 0 Å². The molecule has 0 saturated carbocycles. The monoisotopic (exact) mass is 452 g/mol. The Balaban J connectivity index is 2.22. The number of halogens is 1. The predicted molar refractivity (Wildman–Crippen MR) is 117 cm³/mol. The zero-order chi connectivity index (χ0) is 22.5. The molecular formula is C21H25ClN2O5S. The molecule has 0 aliphatic carbocycles. The molecule has 1 amide bonds. The zero-order valence-corrected chi connectivity index (χ0v) is 18.8. The highest BCUT2D eigenvalue weighted by molar-refractivity contribution is 7.89. The minimum absolute atomic E-state index is 0.000399. The number of benzene rings is 2. The highest BCUT2D eigenvalue weighted by Gasteiger charge is 2.18. The second-order valence-corrected chi connectivity index (χ2v) is 8.51. The van der Waals surface area contributed by atoms with Crippen LogP contribution in [0.2, 0.25) is 5.02 Å². The smallest absolute Gasteiger partial charge is 0.246 e. The highest BCUT2D eigenvalue weighted by Crippen LogP contribution is 2.36. The van der Waals surface area contributed by atoms with E-state index in [0.717, 1.165) is 0 Å². The molecule has 0 saturated heterocycles. The summed E-state index contributed by atoms with van der Waals surface area (Å²) in [6.07, 6.45) is 3.04. The molecule has 7 nitrogen and oxygen atoms in total. The summed E-state index contributed by atoms with van der Waals surface area (Å²) in [5.74, 6) is 0.650. The lowest BCUT2D eigenvalue weighted by Crippen LogP contribution is -2.28. The maximum absolute atomic E-state index is 12.6. The summed E-state index contributed by atoms with van der Waals surface area (Å²) in [6, 6.07) is 9.24. The quantitative estimate of drug-likeness (QED) is 0.616. The van der Waals surface area contributed by atoms with Crippen LogP contribution in [0.4, 0.5) is 0 Å². The van der Waals surface area contributed by atoms with Gasteiger partial charge in [0.15, 0.2) is 11.5 Å². The number of hydrogen-bond acceptors (Lipinski definition) is 5. The third-order valence-corrected chi connectivity index (χ3v) is 5.74. The molecule has 0 bridgehead atoms. The number of amides is 1. The van der Waals surface area contributed by atoms with Gasteiger partial charge in [0.1, 0.15) is 0 Å². The molecule has 0 radical (unpaired) electrons. The number of carbonyl (C=O) groups is 1. The van der Waals surface area contributed by atoms with Crippen molar-refractivity contribution in [3.63, 3.8) is 0 Å². The lowest BCUT2D eigenvalue weighted by molar-refractivity contribution is -0.126. The zero-order valence-electron chi connectivity index (χ0n) is 17.3. The van der Waals surface area contributed by atoms with E-state index in [-0.39, 0.29) is 16.8 Å². The molecule has 2 aromatic rings. The maximum atomic E-state index is 12.6. The molecule has 162 valence electrons. The first-order chi connectivity index (χ1) is 14.1. The SMILES string of the molecule is CCOc1cc(/C=C/C(=O)N(C)C(C)c2cccc(S(N)(=O)=O)c2)cc(Cl)c1OC. The second kappa shape index (κ2) is 9.97. The van der Waals surface area contributed by atoms with Crippen molar-refractivity contribution in [2.45, 2.75) is 24.8 Å². The van der Waals surface area contributed by atoms with Gasteiger partial charge in [0, 0.05) is 13.1 Å². The van der Waals surface area contributed by atoms with Gasteiger partial charge in [-0.05, 0) is 55.3 Å². The second-order valence-electron chi connectivity index (χ2n) is 6.54. The fraction of sp³-hybridized carbons (Fsp3) is 0.286. The van der Waals surface area contributed by atoms with Crippen molar-refractivity contribution in [3.05, 3.63) is 58.6 Å². The van der Waals surface area contributed by atoms with Gasteiger partial charge in [-0.15, -0.1) is 0 Å². The summed E-state index contributed by atoms with van der Waals surface area (Å²) in [6.45, 7) is 4.09. The molecule has 9 heteroatoms. The van der Waals surface area contributed by atoms with E-state index < -0.39 is 10.0 Å². The Hall–Kier alpha value is -2.55. The standard InChI is InChI=1S/C21H25ClN2O5S/c1-5-29-19-12-15(11-18(22)21(19)28-4)9-10-20(25)24(3)14(2)16-7-6-8-17(13-16)30(23,26)27/h6-14H,5H2,1-4H3,(H2,23,26,27)/b10-9+. The van der Waals surface area contributed by atoms with Crippen LogP contribution in [-0.2, 0) is 14.8 Å². The van der Waals surface area contributed by atoms with Crippen LogP contribution in [0.3, 0.4) is 0 Å². The lowest BCUT2D eigenvalue weighted by Gasteiger charge is -2.24. The van der Waals surface area contributed by atoms with Crippen molar-refractivity contribution in [2.24, 2.45) is 5.14 Å². The van der Waals surface area contributed by atoms with Crippen LogP contribution in [-0.4, -0.2) is 40.0 Å². The van der Waals surface area contributed by atoms with E-state index >= 15 is 0 Å². The number of likely N-dealkylation sites (N-methyl/N-ethyl adjacent to an activating group) is 1. The van der Waals surface area contributed by atoms with Crippen LogP contribution in [0.1, 0.15) is 31.0 Å². The largest absolute Gasteiger partial charge is 0.491 e. The van der Waals surface area contributed by atoms with Gasteiger partial charge in [0.05, 0.1) is 29.7 Å². The molecule has 0 spiro atoms. The third-order valence-electron chi connectivity index (χ3n) is 4.55. The molecular weight excluding hydrogens is 428 g/mol. The number of hydrogen-bond donors (Lipinski definition) is 1. The number of sulfonamides is 1. The summed E-state index contributed by atoms with van der Waals surface area (Å²) < 4.78 is 33.9. The van der Waals surface area contributed by atoms with Crippen molar-refractivity contribution in [2.75, 3.05) is 20.8 Å². The maximum Gasteiger partial charge on any atom is 0.246 e.